The Bertz CT molecular complexity index is 513. The van der Waals surface area contributed by atoms with Crippen molar-refractivity contribution >= 4 is 21.4 Å². The lowest BCUT2D eigenvalue weighted by Gasteiger charge is -2.12. The Hall–Kier alpha value is -0.470. The average Bonchev–Trinajstić information content (AvgIpc) is 2.95. The molecule has 0 aliphatic carbocycles. The third kappa shape index (κ3) is 4.00. The van der Waals surface area contributed by atoms with Gasteiger partial charge in [0.1, 0.15) is 0 Å². The lowest BCUT2D eigenvalue weighted by Crippen LogP contribution is -2.36. The first kappa shape index (κ1) is 14.9. The van der Waals surface area contributed by atoms with Gasteiger partial charge in [-0.2, -0.15) is 0 Å². The van der Waals surface area contributed by atoms with Gasteiger partial charge >= 0.3 is 0 Å². The summed E-state index contributed by atoms with van der Waals surface area (Å²) in [5.74, 6) is 0. The van der Waals surface area contributed by atoms with Crippen molar-refractivity contribution in [2.45, 2.75) is 30.8 Å². The maximum atomic E-state index is 12.2. The second-order valence-electron chi connectivity index (χ2n) is 4.90. The van der Waals surface area contributed by atoms with Crippen molar-refractivity contribution in [3.8, 4) is 0 Å². The first-order valence-electron chi connectivity index (χ1n) is 6.50. The van der Waals surface area contributed by atoms with Gasteiger partial charge in [0.25, 0.3) is 0 Å². The number of likely N-dealkylation sites (tertiary alicyclic amines) is 1. The topological polar surface area (TPSA) is 61.4 Å². The van der Waals surface area contributed by atoms with Gasteiger partial charge in [-0.25, -0.2) is 13.1 Å². The van der Waals surface area contributed by atoms with Crippen molar-refractivity contribution in [2.24, 2.45) is 0 Å². The standard InChI is InChI=1S/C12H21N3O2S2/c1-3-13-7-11-6-12(9-18-11)19(16,17)14-10-4-5-15(2)8-10/h6,9-10,13-14H,3-5,7-8H2,1-2H3. The van der Waals surface area contributed by atoms with Crippen molar-refractivity contribution in [3.63, 3.8) is 0 Å². The number of hydrogen-bond acceptors (Lipinski definition) is 5. The molecule has 0 bridgehead atoms. The summed E-state index contributed by atoms with van der Waals surface area (Å²) in [6, 6.07) is 1.79. The van der Waals surface area contributed by atoms with Gasteiger partial charge in [0.2, 0.25) is 10.0 Å². The summed E-state index contributed by atoms with van der Waals surface area (Å²) in [5, 5.41) is 4.91. The quantitative estimate of drug-likeness (QED) is 0.817. The molecule has 1 aromatic rings. The van der Waals surface area contributed by atoms with Crippen molar-refractivity contribution in [2.75, 3.05) is 26.7 Å². The van der Waals surface area contributed by atoms with Gasteiger partial charge in [0.05, 0.1) is 4.90 Å². The summed E-state index contributed by atoms with van der Waals surface area (Å²) >= 11 is 1.48. The molecular formula is C12H21N3O2S2. The first-order chi connectivity index (χ1) is 9.01. The molecule has 0 radical (unpaired) electrons. The summed E-state index contributed by atoms with van der Waals surface area (Å²) in [5.41, 5.74) is 0. The van der Waals surface area contributed by atoms with Crippen molar-refractivity contribution in [1.82, 2.24) is 14.9 Å². The summed E-state index contributed by atoms with van der Waals surface area (Å²) in [4.78, 5) is 3.57. The van der Waals surface area contributed by atoms with Gasteiger partial charge in [-0.05, 0) is 32.6 Å². The largest absolute Gasteiger partial charge is 0.312 e. The predicted octanol–water partition coefficient (Wildman–Crippen LogP) is 0.840. The average molecular weight is 303 g/mol. The van der Waals surface area contributed by atoms with Crippen molar-refractivity contribution in [3.05, 3.63) is 16.3 Å². The van der Waals surface area contributed by atoms with Crippen LogP contribution < -0.4 is 10.0 Å². The molecule has 1 saturated heterocycles. The van der Waals surface area contributed by atoms with Gasteiger partial charge in [-0.1, -0.05) is 6.92 Å². The molecule has 2 rings (SSSR count). The Morgan fingerprint density at radius 2 is 2.32 bits per heavy atom. The molecule has 0 aromatic carbocycles. The molecule has 1 aromatic heterocycles. The smallest absolute Gasteiger partial charge is 0.241 e. The summed E-state index contributed by atoms with van der Waals surface area (Å²) in [7, 11) is -1.36. The van der Waals surface area contributed by atoms with E-state index in [9.17, 15) is 8.42 Å². The second-order valence-corrected chi connectivity index (χ2v) is 7.61. The normalized spacial score (nSPS) is 21.1. The lowest BCUT2D eigenvalue weighted by atomic mass is 10.3. The fourth-order valence-electron chi connectivity index (χ4n) is 2.16. The number of nitrogens with one attached hydrogen (secondary N) is 2. The number of likely N-dealkylation sites (N-methyl/N-ethyl adjacent to an activating group) is 1. The molecule has 2 N–H and O–H groups in total. The van der Waals surface area contributed by atoms with E-state index in [2.05, 4.69) is 14.9 Å². The summed E-state index contributed by atoms with van der Waals surface area (Å²) in [6.07, 6.45) is 0.879. The van der Waals surface area contributed by atoms with E-state index >= 15 is 0 Å². The molecule has 19 heavy (non-hydrogen) atoms. The highest BCUT2D eigenvalue weighted by molar-refractivity contribution is 7.89. The van der Waals surface area contributed by atoms with Gasteiger partial charge in [-0.15, -0.1) is 11.3 Å². The molecule has 0 spiro atoms. The fourth-order valence-corrected chi connectivity index (χ4v) is 4.67. The van der Waals surface area contributed by atoms with E-state index in [-0.39, 0.29) is 6.04 Å². The molecule has 1 atom stereocenters. The third-order valence-electron chi connectivity index (χ3n) is 3.20. The number of thiophene rings is 1. The van der Waals surface area contributed by atoms with Crippen LogP contribution in [0.4, 0.5) is 0 Å². The van der Waals surface area contributed by atoms with Crippen LogP contribution in [0.25, 0.3) is 0 Å². The number of rotatable bonds is 6. The Kier molecular flexibility index (Phi) is 4.97. The molecule has 5 nitrogen and oxygen atoms in total. The van der Waals surface area contributed by atoms with E-state index in [1.807, 2.05) is 14.0 Å². The number of sulfonamides is 1. The predicted molar refractivity (Wildman–Crippen MR) is 77.9 cm³/mol. The highest BCUT2D eigenvalue weighted by Crippen LogP contribution is 2.20. The highest BCUT2D eigenvalue weighted by atomic mass is 32.2. The van der Waals surface area contributed by atoms with Crippen LogP contribution in [0.1, 0.15) is 18.2 Å². The Balaban J connectivity index is 2.00. The van der Waals surface area contributed by atoms with Gasteiger partial charge in [0.15, 0.2) is 0 Å². The maximum Gasteiger partial charge on any atom is 0.241 e. The van der Waals surface area contributed by atoms with Crippen LogP contribution >= 0.6 is 11.3 Å². The first-order valence-corrected chi connectivity index (χ1v) is 8.86. The van der Waals surface area contributed by atoms with E-state index in [4.69, 9.17) is 0 Å². The minimum atomic E-state index is -3.37. The maximum absolute atomic E-state index is 12.2. The number of nitrogens with zero attached hydrogens (tertiary/aromatic N) is 1. The zero-order chi connectivity index (χ0) is 13.9. The lowest BCUT2D eigenvalue weighted by molar-refractivity contribution is 0.407. The molecule has 1 aliphatic heterocycles. The minimum absolute atomic E-state index is 0.0344. The molecule has 108 valence electrons. The Labute approximate surface area is 119 Å². The Morgan fingerprint density at radius 1 is 1.53 bits per heavy atom. The second kappa shape index (κ2) is 6.32. The molecular weight excluding hydrogens is 282 g/mol. The van der Waals surface area contributed by atoms with Crippen LogP contribution in [0.15, 0.2) is 16.3 Å². The molecule has 1 unspecified atom stereocenters. The van der Waals surface area contributed by atoms with Crippen LogP contribution in [0.3, 0.4) is 0 Å². The number of hydrogen-bond donors (Lipinski definition) is 2. The van der Waals surface area contributed by atoms with Crippen molar-refractivity contribution in [1.29, 1.82) is 0 Å². The Morgan fingerprint density at radius 3 is 2.95 bits per heavy atom. The fraction of sp³-hybridized carbons (Fsp3) is 0.667. The van der Waals surface area contributed by atoms with Gasteiger partial charge in [0, 0.05) is 29.4 Å². The minimum Gasteiger partial charge on any atom is -0.312 e. The molecule has 1 aliphatic rings. The molecule has 2 heterocycles. The van der Waals surface area contributed by atoms with E-state index in [0.29, 0.717) is 4.90 Å². The van der Waals surface area contributed by atoms with E-state index in [1.165, 1.54) is 11.3 Å². The van der Waals surface area contributed by atoms with E-state index in [1.54, 1.807) is 11.4 Å². The van der Waals surface area contributed by atoms with Crippen molar-refractivity contribution < 1.29 is 8.42 Å². The zero-order valence-corrected chi connectivity index (χ0v) is 13.0. The van der Waals surface area contributed by atoms with Crippen LogP contribution in [-0.4, -0.2) is 46.0 Å². The van der Waals surface area contributed by atoms with Crippen LogP contribution in [0, 0.1) is 0 Å². The molecule has 0 saturated carbocycles. The van der Waals surface area contributed by atoms with E-state index in [0.717, 1.165) is 37.5 Å². The highest BCUT2D eigenvalue weighted by Gasteiger charge is 2.25. The van der Waals surface area contributed by atoms with E-state index < -0.39 is 10.0 Å². The van der Waals surface area contributed by atoms with Crippen LogP contribution in [-0.2, 0) is 16.6 Å². The van der Waals surface area contributed by atoms with Gasteiger partial charge in [-0.3, -0.25) is 0 Å². The molecule has 0 amide bonds. The third-order valence-corrected chi connectivity index (χ3v) is 5.79. The van der Waals surface area contributed by atoms with Crippen LogP contribution in [0.2, 0.25) is 0 Å². The summed E-state index contributed by atoms with van der Waals surface area (Å²) < 4.78 is 27.3. The molecule has 7 heteroatoms. The SMILES string of the molecule is CCNCc1cc(S(=O)(=O)NC2CCN(C)C2)cs1. The van der Waals surface area contributed by atoms with Gasteiger partial charge < -0.3 is 10.2 Å². The van der Waals surface area contributed by atoms with Crippen LogP contribution in [0.5, 0.6) is 0 Å². The zero-order valence-electron chi connectivity index (χ0n) is 11.3. The molecule has 1 fully saturated rings. The monoisotopic (exact) mass is 303 g/mol. The summed E-state index contributed by atoms with van der Waals surface area (Å²) in [6.45, 7) is 5.37.